The van der Waals surface area contributed by atoms with Crippen molar-refractivity contribution in [2.45, 2.75) is 13.5 Å². The summed E-state index contributed by atoms with van der Waals surface area (Å²) in [5, 5.41) is 10.7. The fourth-order valence-electron chi connectivity index (χ4n) is 1.80. The van der Waals surface area contributed by atoms with Crippen molar-refractivity contribution in [2.24, 2.45) is 0 Å². The summed E-state index contributed by atoms with van der Waals surface area (Å²) in [6.07, 6.45) is 1.37. The first-order chi connectivity index (χ1) is 10.0. The summed E-state index contributed by atoms with van der Waals surface area (Å²) in [5.41, 5.74) is 1.07. The molecule has 0 unspecified atom stereocenters. The Bertz CT molecular complexity index is 676. The molecule has 0 aliphatic carbocycles. The van der Waals surface area contributed by atoms with Gasteiger partial charge in [-0.05, 0) is 25.1 Å². The zero-order valence-corrected chi connectivity index (χ0v) is 11.5. The molecule has 7 heteroatoms. The summed E-state index contributed by atoms with van der Waals surface area (Å²) >= 11 is 0. The number of methoxy groups -OCH3 is 1. The first-order valence-corrected chi connectivity index (χ1v) is 6.05. The Morgan fingerprint density at radius 3 is 2.76 bits per heavy atom. The number of nitro groups is 1. The van der Waals surface area contributed by atoms with Crippen LogP contribution in [-0.4, -0.2) is 18.0 Å². The normalized spacial score (nSPS) is 10.2. The number of hydrogen-bond donors (Lipinski definition) is 0. The van der Waals surface area contributed by atoms with Crippen LogP contribution in [-0.2, 0) is 11.3 Å². The van der Waals surface area contributed by atoms with Gasteiger partial charge in [0, 0.05) is 17.2 Å². The number of hydrogen-bond acceptors (Lipinski definition) is 6. The van der Waals surface area contributed by atoms with Crippen LogP contribution >= 0.6 is 0 Å². The Hall–Kier alpha value is -2.83. The van der Waals surface area contributed by atoms with Crippen LogP contribution < -0.4 is 4.74 Å². The summed E-state index contributed by atoms with van der Waals surface area (Å²) in [5.74, 6) is -0.0373. The van der Waals surface area contributed by atoms with Crippen LogP contribution in [0.4, 0.5) is 5.69 Å². The molecule has 21 heavy (non-hydrogen) atoms. The van der Waals surface area contributed by atoms with Crippen LogP contribution in [0.3, 0.4) is 0 Å². The Labute approximate surface area is 120 Å². The molecule has 2 aromatic rings. The highest BCUT2D eigenvalue weighted by molar-refractivity contribution is 5.87. The van der Waals surface area contributed by atoms with Gasteiger partial charge in [-0.1, -0.05) is 0 Å². The molecular formula is C14H13NO6. The second-order valence-corrected chi connectivity index (χ2v) is 4.26. The Morgan fingerprint density at radius 2 is 2.14 bits per heavy atom. The van der Waals surface area contributed by atoms with Gasteiger partial charge in [-0.25, -0.2) is 4.79 Å². The summed E-state index contributed by atoms with van der Waals surface area (Å²) in [6, 6.07) is 6.05. The van der Waals surface area contributed by atoms with Gasteiger partial charge in [0.15, 0.2) is 0 Å². The van der Waals surface area contributed by atoms with E-state index in [9.17, 15) is 14.9 Å². The van der Waals surface area contributed by atoms with Crippen LogP contribution in [0.5, 0.6) is 5.75 Å². The van der Waals surface area contributed by atoms with E-state index >= 15 is 0 Å². The topological polar surface area (TPSA) is 91.8 Å². The van der Waals surface area contributed by atoms with Gasteiger partial charge in [-0.2, -0.15) is 0 Å². The number of carbonyl (C=O) groups excluding carboxylic acids is 1. The molecule has 0 fully saturated rings. The van der Waals surface area contributed by atoms with E-state index in [1.165, 1.54) is 25.5 Å². The number of esters is 1. The van der Waals surface area contributed by atoms with Gasteiger partial charge < -0.3 is 13.9 Å². The Balaban J connectivity index is 2.10. The third-order valence-electron chi connectivity index (χ3n) is 2.88. The molecule has 1 aromatic heterocycles. The van der Waals surface area contributed by atoms with Gasteiger partial charge in [0.1, 0.15) is 12.4 Å². The van der Waals surface area contributed by atoms with Crippen LogP contribution in [0.25, 0.3) is 0 Å². The van der Waals surface area contributed by atoms with E-state index in [1.807, 2.05) is 0 Å². The fourth-order valence-corrected chi connectivity index (χ4v) is 1.80. The van der Waals surface area contributed by atoms with Crippen molar-refractivity contribution in [3.8, 4) is 5.75 Å². The molecule has 0 atom stereocenters. The van der Waals surface area contributed by atoms with E-state index in [4.69, 9.17) is 9.15 Å². The van der Waals surface area contributed by atoms with Gasteiger partial charge in [0.2, 0.25) is 5.76 Å². The highest BCUT2D eigenvalue weighted by Gasteiger charge is 2.16. The molecule has 0 radical (unpaired) electrons. The monoisotopic (exact) mass is 291 g/mol. The van der Waals surface area contributed by atoms with E-state index in [0.29, 0.717) is 16.9 Å². The Morgan fingerprint density at radius 1 is 1.38 bits per heavy atom. The maximum absolute atomic E-state index is 11.4. The molecule has 0 aliphatic rings. The minimum atomic E-state index is -0.585. The lowest BCUT2D eigenvalue weighted by Crippen LogP contribution is -2.05. The average Bonchev–Trinajstić information content (AvgIpc) is 2.92. The number of nitrogens with zero attached hydrogens (tertiary/aromatic N) is 1. The van der Waals surface area contributed by atoms with Gasteiger partial charge in [0.25, 0.3) is 5.69 Å². The standard InChI is InChI=1S/C14H13NO6/c1-9-7-11(3-4-12(9)15(17)18)21-8-10-5-6-20-13(10)14(16)19-2/h3-7H,8H2,1-2H3. The number of ether oxygens (including phenoxy) is 2. The smallest absolute Gasteiger partial charge is 0.374 e. The van der Waals surface area contributed by atoms with Gasteiger partial charge in [0.05, 0.1) is 18.3 Å². The number of rotatable bonds is 5. The zero-order chi connectivity index (χ0) is 15.4. The van der Waals surface area contributed by atoms with Crippen LogP contribution in [0, 0.1) is 17.0 Å². The summed E-state index contributed by atoms with van der Waals surface area (Å²) in [7, 11) is 1.26. The van der Waals surface area contributed by atoms with Crippen molar-refractivity contribution in [1.82, 2.24) is 0 Å². The maximum Gasteiger partial charge on any atom is 0.374 e. The molecule has 1 aromatic carbocycles. The van der Waals surface area contributed by atoms with E-state index < -0.39 is 10.9 Å². The number of nitro benzene ring substituents is 1. The molecule has 2 rings (SSSR count). The molecular weight excluding hydrogens is 278 g/mol. The molecule has 0 saturated carbocycles. The molecule has 0 saturated heterocycles. The predicted molar refractivity (Wildman–Crippen MR) is 72.2 cm³/mol. The molecule has 1 heterocycles. The van der Waals surface area contributed by atoms with E-state index in [0.717, 1.165) is 0 Å². The second kappa shape index (κ2) is 6.08. The molecule has 0 spiro atoms. The number of furan rings is 1. The summed E-state index contributed by atoms with van der Waals surface area (Å²) in [4.78, 5) is 21.7. The SMILES string of the molecule is COC(=O)c1occc1COc1ccc([N+](=O)[O-])c(C)c1. The highest BCUT2D eigenvalue weighted by atomic mass is 16.6. The van der Waals surface area contributed by atoms with Crippen molar-refractivity contribution in [2.75, 3.05) is 7.11 Å². The minimum absolute atomic E-state index is 0.0286. The van der Waals surface area contributed by atoms with Crippen LogP contribution in [0.1, 0.15) is 21.7 Å². The van der Waals surface area contributed by atoms with Crippen LogP contribution in [0.15, 0.2) is 34.9 Å². The average molecular weight is 291 g/mol. The third kappa shape index (κ3) is 3.19. The van der Waals surface area contributed by atoms with Crippen molar-refractivity contribution < 1.29 is 23.6 Å². The number of benzene rings is 1. The zero-order valence-electron chi connectivity index (χ0n) is 11.5. The first kappa shape index (κ1) is 14.6. The van der Waals surface area contributed by atoms with Gasteiger partial charge in [-0.3, -0.25) is 10.1 Å². The highest BCUT2D eigenvalue weighted by Crippen LogP contribution is 2.24. The Kier molecular flexibility index (Phi) is 4.22. The molecule has 0 aliphatic heterocycles. The van der Waals surface area contributed by atoms with Crippen molar-refractivity contribution in [3.63, 3.8) is 0 Å². The minimum Gasteiger partial charge on any atom is -0.489 e. The third-order valence-corrected chi connectivity index (χ3v) is 2.88. The molecule has 0 bridgehead atoms. The van der Waals surface area contributed by atoms with Gasteiger partial charge in [-0.15, -0.1) is 0 Å². The fraction of sp³-hybridized carbons (Fsp3) is 0.214. The molecule has 7 nitrogen and oxygen atoms in total. The molecule has 0 N–H and O–H groups in total. The lowest BCUT2D eigenvalue weighted by atomic mass is 10.2. The van der Waals surface area contributed by atoms with E-state index in [1.54, 1.807) is 19.1 Å². The lowest BCUT2D eigenvalue weighted by molar-refractivity contribution is -0.385. The van der Waals surface area contributed by atoms with Crippen molar-refractivity contribution in [3.05, 3.63) is 57.5 Å². The van der Waals surface area contributed by atoms with E-state index in [-0.39, 0.29) is 18.1 Å². The number of aryl methyl sites for hydroxylation is 1. The number of carbonyl (C=O) groups is 1. The van der Waals surface area contributed by atoms with Crippen molar-refractivity contribution >= 4 is 11.7 Å². The quantitative estimate of drug-likeness (QED) is 0.478. The molecule has 110 valence electrons. The summed E-state index contributed by atoms with van der Waals surface area (Å²) in [6.45, 7) is 1.72. The molecule has 0 amide bonds. The summed E-state index contributed by atoms with van der Waals surface area (Å²) < 4.78 is 15.1. The maximum atomic E-state index is 11.4. The predicted octanol–water partition coefficient (Wildman–Crippen LogP) is 2.86. The lowest BCUT2D eigenvalue weighted by Gasteiger charge is -2.07. The van der Waals surface area contributed by atoms with Gasteiger partial charge >= 0.3 is 5.97 Å². The van der Waals surface area contributed by atoms with Crippen molar-refractivity contribution in [1.29, 1.82) is 0 Å². The van der Waals surface area contributed by atoms with E-state index in [2.05, 4.69) is 4.74 Å². The largest absolute Gasteiger partial charge is 0.489 e. The first-order valence-electron chi connectivity index (χ1n) is 6.05. The second-order valence-electron chi connectivity index (χ2n) is 4.26. The van der Waals surface area contributed by atoms with Crippen LogP contribution in [0.2, 0.25) is 0 Å².